The zero-order chi connectivity index (χ0) is 9.54. The molecule has 0 saturated heterocycles. The first-order valence-corrected chi connectivity index (χ1v) is 4.70. The fourth-order valence-corrected chi connectivity index (χ4v) is 1.82. The highest BCUT2D eigenvalue weighted by Crippen LogP contribution is 2.33. The van der Waals surface area contributed by atoms with Gasteiger partial charge in [-0.15, -0.1) is 0 Å². The number of benzene rings is 1. The van der Waals surface area contributed by atoms with E-state index in [1.54, 1.807) is 0 Å². The number of hydrogen-bond acceptors (Lipinski definition) is 3. The number of fused-ring (bicyclic) bond motifs is 3. The van der Waals surface area contributed by atoms with E-state index in [-0.39, 0.29) is 0 Å². The third-order valence-electron chi connectivity index (χ3n) is 2.26. The Morgan fingerprint density at radius 1 is 1.36 bits per heavy atom. The van der Waals surface area contributed by atoms with Gasteiger partial charge in [-0.25, -0.2) is 4.99 Å². The second-order valence-electron chi connectivity index (χ2n) is 3.09. The number of para-hydroxylation sites is 1. The van der Waals surface area contributed by atoms with Gasteiger partial charge in [0.25, 0.3) is 0 Å². The van der Waals surface area contributed by atoms with Crippen LogP contribution in [0.4, 0.5) is 5.69 Å². The fourth-order valence-electron chi connectivity index (χ4n) is 1.63. The van der Waals surface area contributed by atoms with E-state index in [1.807, 2.05) is 24.3 Å². The Balaban J connectivity index is 2.40. The van der Waals surface area contributed by atoms with Gasteiger partial charge in [-0.3, -0.25) is 0 Å². The molecule has 0 atom stereocenters. The van der Waals surface area contributed by atoms with Crippen molar-refractivity contribution in [3.63, 3.8) is 0 Å². The zero-order valence-corrected chi connectivity index (χ0v) is 8.01. The SMILES string of the molecule is ClC1=NCNc2c1oc1ccccc21. The Morgan fingerprint density at radius 2 is 2.21 bits per heavy atom. The monoisotopic (exact) mass is 206 g/mol. The van der Waals surface area contributed by atoms with E-state index in [2.05, 4.69) is 10.3 Å². The van der Waals surface area contributed by atoms with Crippen LogP contribution in [0.2, 0.25) is 0 Å². The van der Waals surface area contributed by atoms with Gasteiger partial charge < -0.3 is 9.73 Å². The summed E-state index contributed by atoms with van der Waals surface area (Å²) in [5, 5.41) is 4.64. The molecule has 1 aliphatic heterocycles. The van der Waals surface area contributed by atoms with Crippen LogP contribution >= 0.6 is 11.6 Å². The number of nitrogens with one attached hydrogen (secondary N) is 1. The molecule has 0 spiro atoms. The topological polar surface area (TPSA) is 37.5 Å². The molecular weight excluding hydrogens is 200 g/mol. The minimum Gasteiger partial charge on any atom is -0.451 e. The van der Waals surface area contributed by atoms with E-state index in [0.717, 1.165) is 16.7 Å². The summed E-state index contributed by atoms with van der Waals surface area (Å²) in [6.45, 7) is 0.509. The van der Waals surface area contributed by atoms with Gasteiger partial charge in [-0.2, -0.15) is 0 Å². The molecule has 0 bridgehead atoms. The third kappa shape index (κ3) is 0.960. The van der Waals surface area contributed by atoms with Crippen molar-refractivity contribution < 1.29 is 4.42 Å². The molecule has 0 radical (unpaired) electrons. The molecule has 0 amide bonds. The Hall–Kier alpha value is -1.48. The maximum absolute atomic E-state index is 5.93. The summed E-state index contributed by atoms with van der Waals surface area (Å²) < 4.78 is 5.58. The Morgan fingerprint density at radius 3 is 3.14 bits per heavy atom. The second-order valence-corrected chi connectivity index (χ2v) is 3.44. The Labute approximate surface area is 85.4 Å². The van der Waals surface area contributed by atoms with Gasteiger partial charge in [0.1, 0.15) is 12.3 Å². The van der Waals surface area contributed by atoms with Crippen molar-refractivity contribution in [3.05, 3.63) is 30.0 Å². The van der Waals surface area contributed by atoms with E-state index >= 15 is 0 Å². The molecule has 1 aliphatic rings. The number of halogens is 1. The molecule has 0 aliphatic carbocycles. The van der Waals surface area contributed by atoms with Gasteiger partial charge >= 0.3 is 0 Å². The number of rotatable bonds is 0. The predicted molar refractivity (Wildman–Crippen MR) is 57.1 cm³/mol. The highest BCUT2D eigenvalue weighted by atomic mass is 35.5. The molecule has 0 saturated carbocycles. The minimum atomic E-state index is 0.440. The maximum Gasteiger partial charge on any atom is 0.188 e. The average molecular weight is 207 g/mol. The van der Waals surface area contributed by atoms with Crippen LogP contribution in [0.3, 0.4) is 0 Å². The quantitative estimate of drug-likeness (QED) is 0.720. The molecule has 14 heavy (non-hydrogen) atoms. The number of hydrogen-bond donors (Lipinski definition) is 1. The van der Waals surface area contributed by atoms with Gasteiger partial charge in [-0.05, 0) is 12.1 Å². The van der Waals surface area contributed by atoms with Crippen LogP contribution < -0.4 is 5.32 Å². The van der Waals surface area contributed by atoms with E-state index in [0.29, 0.717) is 17.6 Å². The number of furan rings is 1. The molecule has 0 fully saturated rings. The van der Waals surface area contributed by atoms with Gasteiger partial charge in [0.05, 0.1) is 5.69 Å². The van der Waals surface area contributed by atoms with Crippen LogP contribution in [-0.2, 0) is 0 Å². The van der Waals surface area contributed by atoms with Crippen LogP contribution in [0.15, 0.2) is 33.7 Å². The van der Waals surface area contributed by atoms with Crippen LogP contribution in [-0.4, -0.2) is 11.8 Å². The molecule has 1 N–H and O–H groups in total. The van der Waals surface area contributed by atoms with Crippen LogP contribution in [0.5, 0.6) is 0 Å². The van der Waals surface area contributed by atoms with Crippen molar-refractivity contribution in [1.29, 1.82) is 0 Å². The largest absolute Gasteiger partial charge is 0.451 e. The van der Waals surface area contributed by atoms with E-state index in [1.165, 1.54) is 0 Å². The lowest BCUT2D eigenvalue weighted by Crippen LogP contribution is -2.09. The summed E-state index contributed by atoms with van der Waals surface area (Å²) in [4.78, 5) is 4.04. The van der Waals surface area contributed by atoms with E-state index in [9.17, 15) is 0 Å². The summed E-state index contributed by atoms with van der Waals surface area (Å²) in [7, 11) is 0. The molecule has 2 heterocycles. The molecule has 2 aromatic rings. The lowest BCUT2D eigenvalue weighted by Gasteiger charge is -2.08. The second kappa shape index (κ2) is 2.75. The average Bonchev–Trinajstić information content (AvgIpc) is 2.59. The Kier molecular flexibility index (Phi) is 1.55. The van der Waals surface area contributed by atoms with Crippen LogP contribution in [0.25, 0.3) is 11.0 Å². The molecule has 4 heteroatoms. The van der Waals surface area contributed by atoms with Crippen molar-refractivity contribution in [2.45, 2.75) is 0 Å². The summed E-state index contributed by atoms with van der Waals surface area (Å²) in [6.07, 6.45) is 0. The number of anilines is 1. The lowest BCUT2D eigenvalue weighted by atomic mass is 10.2. The molecule has 1 aromatic carbocycles. The zero-order valence-electron chi connectivity index (χ0n) is 7.25. The first-order valence-electron chi connectivity index (χ1n) is 4.32. The molecule has 70 valence electrons. The molecule has 3 rings (SSSR count). The van der Waals surface area contributed by atoms with Crippen molar-refractivity contribution in [3.8, 4) is 0 Å². The standard InChI is InChI=1S/C10H7ClN2O/c11-10-9-8(12-5-13-10)6-3-1-2-4-7(6)14-9/h1-4,12H,5H2. The smallest absolute Gasteiger partial charge is 0.188 e. The first kappa shape index (κ1) is 7.88. The molecule has 1 aromatic heterocycles. The highest BCUT2D eigenvalue weighted by Gasteiger charge is 2.19. The fraction of sp³-hybridized carbons (Fsp3) is 0.100. The lowest BCUT2D eigenvalue weighted by molar-refractivity contribution is 0.605. The highest BCUT2D eigenvalue weighted by molar-refractivity contribution is 6.70. The van der Waals surface area contributed by atoms with E-state index < -0.39 is 0 Å². The predicted octanol–water partition coefficient (Wildman–Crippen LogP) is 2.80. The van der Waals surface area contributed by atoms with Gasteiger partial charge in [0.15, 0.2) is 10.9 Å². The van der Waals surface area contributed by atoms with Gasteiger partial charge in [0.2, 0.25) is 0 Å². The Bertz CT molecular complexity index is 530. The van der Waals surface area contributed by atoms with Crippen molar-refractivity contribution in [2.24, 2.45) is 4.99 Å². The van der Waals surface area contributed by atoms with Crippen LogP contribution in [0, 0.1) is 0 Å². The summed E-state index contributed by atoms with van der Waals surface area (Å²) in [6, 6.07) is 7.82. The van der Waals surface area contributed by atoms with Crippen LogP contribution in [0.1, 0.15) is 5.76 Å². The summed E-state index contributed by atoms with van der Waals surface area (Å²) >= 11 is 5.93. The molecule has 0 unspecified atom stereocenters. The van der Waals surface area contributed by atoms with Crippen molar-refractivity contribution >= 4 is 33.4 Å². The third-order valence-corrected chi connectivity index (χ3v) is 2.55. The molecule has 3 nitrogen and oxygen atoms in total. The minimum absolute atomic E-state index is 0.440. The van der Waals surface area contributed by atoms with E-state index in [4.69, 9.17) is 16.0 Å². The maximum atomic E-state index is 5.93. The van der Waals surface area contributed by atoms with Gasteiger partial charge in [-0.1, -0.05) is 23.7 Å². The number of aliphatic imine (C=N–C) groups is 1. The van der Waals surface area contributed by atoms with Gasteiger partial charge in [0, 0.05) is 5.39 Å². The van der Waals surface area contributed by atoms with Crippen molar-refractivity contribution in [2.75, 3.05) is 12.0 Å². The van der Waals surface area contributed by atoms with Crippen molar-refractivity contribution in [1.82, 2.24) is 0 Å². The first-order chi connectivity index (χ1) is 6.86. The molecular formula is C10H7ClN2O. The number of nitrogens with zero attached hydrogens (tertiary/aromatic N) is 1. The summed E-state index contributed by atoms with van der Waals surface area (Å²) in [5.41, 5.74) is 1.78. The normalized spacial score (nSPS) is 14.8. The summed E-state index contributed by atoms with van der Waals surface area (Å²) in [5.74, 6) is 0.638.